The molecule has 0 heterocycles. The highest BCUT2D eigenvalue weighted by molar-refractivity contribution is 5.96. The Hall–Kier alpha value is -4.47. The van der Waals surface area contributed by atoms with Crippen LogP contribution in [0.25, 0.3) is 0 Å². The monoisotopic (exact) mass is 559 g/mol. The van der Waals surface area contributed by atoms with Crippen LogP contribution in [0.1, 0.15) is 72.8 Å². The Morgan fingerprint density at radius 2 is 1.00 bits per heavy atom. The lowest BCUT2D eigenvalue weighted by atomic mass is 9.97. The number of amidine groups is 3. The molecule has 0 aliphatic rings. The zero-order chi connectivity index (χ0) is 30.9. The van der Waals surface area contributed by atoms with E-state index >= 15 is 0 Å². The van der Waals surface area contributed by atoms with Gasteiger partial charge in [0.25, 0.3) is 0 Å². The first-order chi connectivity index (χ1) is 19.2. The molecule has 0 unspecified atom stereocenters. The van der Waals surface area contributed by atoms with Crippen LogP contribution in [0.4, 0.5) is 0 Å². The van der Waals surface area contributed by atoms with Gasteiger partial charge in [0.15, 0.2) is 5.78 Å². The predicted octanol–water partition coefficient (Wildman–Crippen LogP) is 4.04. The summed E-state index contributed by atoms with van der Waals surface area (Å²) in [5, 5.41) is 21.5. The molecule has 0 bridgehead atoms. The normalized spacial score (nSPS) is 11.4. The summed E-state index contributed by atoms with van der Waals surface area (Å²) >= 11 is 0. The number of nitrogens with two attached hydrogens (primary N) is 3. The number of ketones is 1. The van der Waals surface area contributed by atoms with E-state index in [-0.39, 0.29) is 42.9 Å². The van der Waals surface area contributed by atoms with Gasteiger partial charge in [-0.2, -0.15) is 0 Å². The summed E-state index contributed by atoms with van der Waals surface area (Å²) in [4.78, 5) is 23.9. The third kappa shape index (κ3) is 16.3. The Balaban J connectivity index is 0.000000414. The van der Waals surface area contributed by atoms with E-state index in [2.05, 4.69) is 54.8 Å². The van der Waals surface area contributed by atoms with Gasteiger partial charge < -0.3 is 17.2 Å². The molecule has 0 aliphatic heterocycles. The second-order valence-electron chi connectivity index (χ2n) is 10.7. The lowest BCUT2D eigenvalue weighted by Crippen LogP contribution is -2.13. The molecule has 0 radical (unpaired) electrons. The number of nitrogens with one attached hydrogen (secondary N) is 3. The van der Waals surface area contributed by atoms with Gasteiger partial charge in [-0.15, -0.1) is 0 Å². The summed E-state index contributed by atoms with van der Waals surface area (Å²) in [5.74, 6) is 1.24. The third-order valence-electron chi connectivity index (χ3n) is 5.25. The van der Waals surface area contributed by atoms with Crippen molar-refractivity contribution in [1.29, 1.82) is 16.2 Å². The Morgan fingerprint density at radius 3 is 1.32 bits per heavy atom. The molecule has 2 aromatic carbocycles. The van der Waals surface area contributed by atoms with Crippen LogP contribution >= 0.6 is 0 Å². The van der Waals surface area contributed by atoms with E-state index in [1.807, 2.05) is 24.3 Å². The molecule has 0 saturated heterocycles. The number of benzene rings is 2. The van der Waals surface area contributed by atoms with Gasteiger partial charge in [-0.3, -0.25) is 36.0 Å². The molecule has 0 aliphatic carbocycles. The minimum absolute atomic E-state index is 0.0291. The fourth-order valence-corrected chi connectivity index (χ4v) is 3.82. The average molecular weight is 560 g/mol. The minimum Gasteiger partial charge on any atom is -0.386 e. The maximum atomic E-state index is 11.5. The van der Waals surface area contributed by atoms with E-state index in [1.165, 1.54) is 5.56 Å². The fourth-order valence-electron chi connectivity index (χ4n) is 3.82. The van der Waals surface area contributed by atoms with Crippen molar-refractivity contribution >= 4 is 41.9 Å². The van der Waals surface area contributed by atoms with Crippen LogP contribution in [0.15, 0.2) is 51.4 Å². The molecule has 0 atom stereocenters. The maximum Gasteiger partial charge on any atom is 0.159 e. The van der Waals surface area contributed by atoms with Crippen LogP contribution in [0, 0.1) is 28.1 Å². The van der Waals surface area contributed by atoms with Crippen molar-refractivity contribution in [3.8, 4) is 0 Å². The summed E-state index contributed by atoms with van der Waals surface area (Å²) in [5.41, 5.74) is 21.6. The molecule has 2 aromatic rings. The molecule has 0 fully saturated rings. The maximum absolute atomic E-state index is 11.5. The second-order valence-corrected chi connectivity index (χ2v) is 10.7. The number of Topliss-reactive ketones (excluding diaryl/α,β-unsaturated/α-hetero) is 1. The van der Waals surface area contributed by atoms with Crippen LogP contribution in [0.2, 0.25) is 0 Å². The quantitative estimate of drug-likeness (QED) is 0.115. The zero-order valence-corrected chi connectivity index (χ0v) is 24.9. The van der Waals surface area contributed by atoms with Crippen LogP contribution in [0.5, 0.6) is 0 Å². The van der Waals surface area contributed by atoms with E-state index in [9.17, 15) is 4.79 Å². The van der Waals surface area contributed by atoms with Crippen molar-refractivity contribution in [2.45, 2.75) is 47.5 Å². The molecule has 41 heavy (non-hydrogen) atoms. The largest absolute Gasteiger partial charge is 0.386 e. The van der Waals surface area contributed by atoms with Gasteiger partial charge in [0.2, 0.25) is 0 Å². The number of aliphatic imine (C=N–C) groups is 3. The Labute approximate surface area is 243 Å². The number of rotatable bonds is 14. The SMILES string of the molecule is CC(=O)c1cc(C=NCC(=N)N)cc(CC(C)C)c1.CC(C)Cc1cc(C=NCC(=N)N)cc(C=NCC(=N)N)c1. The highest BCUT2D eigenvalue weighted by Gasteiger charge is 2.06. The summed E-state index contributed by atoms with van der Waals surface area (Å²) in [7, 11) is 0. The van der Waals surface area contributed by atoms with Crippen LogP contribution < -0.4 is 17.2 Å². The number of carbonyl (C=O) groups is 1. The van der Waals surface area contributed by atoms with Gasteiger partial charge in [0.1, 0.15) is 17.5 Å². The number of hydrogen-bond acceptors (Lipinski definition) is 7. The van der Waals surface area contributed by atoms with Crippen LogP contribution in [-0.4, -0.2) is 61.6 Å². The summed E-state index contributed by atoms with van der Waals surface area (Å²) in [6, 6.07) is 11.9. The smallest absolute Gasteiger partial charge is 0.159 e. The highest BCUT2D eigenvalue weighted by atomic mass is 16.1. The standard InChI is InChI=1S/C16H24N6.C15H21N3O/c1-11(2)3-12-4-13(7-21-9-15(17)18)6-14(5-12)8-22-10-16(19)20;1-10(2)4-12-5-13(8-18-9-15(16)17)7-14(6-12)11(3)19/h4-8,11H,3,9-10H2,1-2H3,(H3,17,18)(H3,19,20);5-8,10H,4,9H2,1-3H3,(H3,16,17). The van der Waals surface area contributed by atoms with Crippen molar-refractivity contribution in [3.05, 3.63) is 69.8 Å². The molecule has 0 saturated carbocycles. The summed E-state index contributed by atoms with van der Waals surface area (Å²) < 4.78 is 0. The van der Waals surface area contributed by atoms with Crippen LogP contribution in [0.3, 0.4) is 0 Å². The summed E-state index contributed by atoms with van der Waals surface area (Å²) in [6.45, 7) is 10.8. The number of nitrogens with zero attached hydrogens (tertiary/aromatic N) is 3. The lowest BCUT2D eigenvalue weighted by molar-refractivity contribution is 0.101. The Bertz CT molecular complexity index is 1250. The molecule has 0 aromatic heterocycles. The van der Waals surface area contributed by atoms with Crippen molar-refractivity contribution in [2.24, 2.45) is 44.0 Å². The molecule has 0 amide bonds. The van der Waals surface area contributed by atoms with Crippen molar-refractivity contribution in [3.63, 3.8) is 0 Å². The first kappa shape index (κ1) is 34.6. The molecular formula is C31H45N9O. The second kappa shape index (κ2) is 18.0. The zero-order valence-electron chi connectivity index (χ0n) is 24.9. The van der Waals surface area contributed by atoms with Gasteiger partial charge in [0, 0.05) is 24.2 Å². The number of hydrogen-bond donors (Lipinski definition) is 6. The molecule has 220 valence electrons. The van der Waals surface area contributed by atoms with Gasteiger partial charge in [-0.25, -0.2) is 0 Å². The van der Waals surface area contributed by atoms with E-state index < -0.39 is 0 Å². The van der Waals surface area contributed by atoms with E-state index in [1.54, 1.807) is 25.6 Å². The van der Waals surface area contributed by atoms with E-state index in [0.29, 0.717) is 17.4 Å². The molecule has 0 spiro atoms. The third-order valence-corrected chi connectivity index (χ3v) is 5.25. The van der Waals surface area contributed by atoms with Gasteiger partial charge in [0.05, 0.1) is 19.6 Å². The molecular weight excluding hydrogens is 514 g/mol. The van der Waals surface area contributed by atoms with E-state index in [4.69, 9.17) is 33.4 Å². The molecule has 10 nitrogen and oxygen atoms in total. The van der Waals surface area contributed by atoms with Crippen LogP contribution in [-0.2, 0) is 12.8 Å². The van der Waals surface area contributed by atoms with Crippen molar-refractivity contribution in [2.75, 3.05) is 19.6 Å². The summed E-state index contributed by atoms with van der Waals surface area (Å²) in [6.07, 6.45) is 6.98. The van der Waals surface area contributed by atoms with Gasteiger partial charge >= 0.3 is 0 Å². The topological polar surface area (TPSA) is 204 Å². The van der Waals surface area contributed by atoms with Crippen molar-refractivity contribution < 1.29 is 4.79 Å². The van der Waals surface area contributed by atoms with E-state index in [0.717, 1.165) is 35.1 Å². The Kier molecular flexibility index (Phi) is 15.2. The lowest BCUT2D eigenvalue weighted by Gasteiger charge is -2.08. The average Bonchev–Trinajstić information content (AvgIpc) is 2.82. The van der Waals surface area contributed by atoms with Crippen molar-refractivity contribution in [1.82, 2.24) is 0 Å². The minimum atomic E-state index is 0.0291. The Morgan fingerprint density at radius 1 is 0.659 bits per heavy atom. The van der Waals surface area contributed by atoms with Gasteiger partial charge in [-0.1, -0.05) is 45.9 Å². The highest BCUT2D eigenvalue weighted by Crippen LogP contribution is 2.15. The predicted molar refractivity (Wildman–Crippen MR) is 173 cm³/mol. The molecule has 2 rings (SSSR count). The first-order valence-corrected chi connectivity index (χ1v) is 13.5. The number of carbonyl (C=O) groups excluding carboxylic acids is 1. The first-order valence-electron chi connectivity index (χ1n) is 13.5. The molecule has 9 N–H and O–H groups in total. The van der Waals surface area contributed by atoms with Gasteiger partial charge in [-0.05, 0) is 77.6 Å². The molecule has 10 heteroatoms. The fraction of sp³-hybridized carbons (Fsp3) is 0.387.